The largest absolute Gasteiger partial charge is 0.466 e. The molecule has 4 nitrogen and oxygen atoms in total. The Labute approximate surface area is 126 Å². The Kier molecular flexibility index (Phi) is 4.98. The summed E-state index contributed by atoms with van der Waals surface area (Å²) in [7, 11) is 0. The van der Waals surface area contributed by atoms with E-state index >= 15 is 0 Å². The second kappa shape index (κ2) is 6.72. The lowest BCUT2D eigenvalue weighted by molar-refractivity contribution is -0.142. The molecule has 0 unspecified atom stereocenters. The predicted molar refractivity (Wildman–Crippen MR) is 81.9 cm³/mol. The van der Waals surface area contributed by atoms with E-state index in [1.54, 1.807) is 6.92 Å². The fourth-order valence-electron chi connectivity index (χ4n) is 1.69. The van der Waals surface area contributed by atoms with Gasteiger partial charge in [0, 0.05) is 16.1 Å². The molecule has 1 aromatic carbocycles. The van der Waals surface area contributed by atoms with Crippen molar-refractivity contribution in [2.24, 2.45) is 0 Å². The van der Waals surface area contributed by atoms with Crippen LogP contribution in [0.25, 0.3) is 0 Å². The van der Waals surface area contributed by atoms with Gasteiger partial charge in [-0.3, -0.25) is 4.79 Å². The van der Waals surface area contributed by atoms with Gasteiger partial charge < -0.3 is 10.1 Å². The summed E-state index contributed by atoms with van der Waals surface area (Å²) in [5, 5.41) is 6.52. The Bertz CT molecular complexity index is 613. The fraction of sp³-hybridized carbons (Fsp3) is 0.286. The van der Waals surface area contributed by atoms with Gasteiger partial charge in [0.05, 0.1) is 18.7 Å². The number of nitrogens with one attached hydrogen (secondary N) is 1. The highest BCUT2D eigenvalue weighted by atomic mass is 35.5. The summed E-state index contributed by atoms with van der Waals surface area (Å²) in [6, 6.07) is 5.62. The van der Waals surface area contributed by atoms with Crippen molar-refractivity contribution in [3.8, 4) is 0 Å². The quantitative estimate of drug-likeness (QED) is 0.849. The van der Waals surface area contributed by atoms with Crippen molar-refractivity contribution in [2.75, 3.05) is 11.9 Å². The number of carbonyl (C=O) groups excluding carboxylic acids is 1. The molecule has 0 spiro atoms. The minimum absolute atomic E-state index is 0.200. The number of ether oxygens (including phenoxy) is 1. The molecule has 0 atom stereocenters. The summed E-state index contributed by atoms with van der Waals surface area (Å²) >= 11 is 7.37. The molecule has 0 saturated carbocycles. The van der Waals surface area contributed by atoms with E-state index in [0.29, 0.717) is 17.3 Å². The molecule has 0 amide bonds. The van der Waals surface area contributed by atoms with Gasteiger partial charge in [0.1, 0.15) is 0 Å². The van der Waals surface area contributed by atoms with Crippen LogP contribution in [0.5, 0.6) is 0 Å². The zero-order chi connectivity index (χ0) is 14.5. The number of carbonyl (C=O) groups is 1. The summed E-state index contributed by atoms with van der Waals surface area (Å²) in [6.07, 6.45) is 0.200. The zero-order valence-electron chi connectivity index (χ0n) is 11.3. The van der Waals surface area contributed by atoms with Gasteiger partial charge in [-0.15, -0.1) is 11.3 Å². The number of halogens is 1. The van der Waals surface area contributed by atoms with Crippen molar-refractivity contribution in [2.45, 2.75) is 20.3 Å². The van der Waals surface area contributed by atoms with Gasteiger partial charge in [-0.25, -0.2) is 4.98 Å². The summed E-state index contributed by atoms with van der Waals surface area (Å²) in [4.78, 5) is 15.7. The number of hydrogen-bond acceptors (Lipinski definition) is 5. The highest BCUT2D eigenvalue weighted by molar-refractivity contribution is 7.13. The van der Waals surface area contributed by atoms with E-state index < -0.39 is 0 Å². The van der Waals surface area contributed by atoms with Crippen molar-refractivity contribution in [1.82, 2.24) is 4.98 Å². The van der Waals surface area contributed by atoms with Gasteiger partial charge in [0.25, 0.3) is 0 Å². The van der Waals surface area contributed by atoms with Gasteiger partial charge in [0.15, 0.2) is 5.13 Å². The van der Waals surface area contributed by atoms with Crippen LogP contribution in [-0.2, 0) is 16.0 Å². The summed E-state index contributed by atoms with van der Waals surface area (Å²) in [6.45, 7) is 4.15. The lowest BCUT2D eigenvalue weighted by Crippen LogP contribution is -2.07. The average molecular weight is 311 g/mol. The monoisotopic (exact) mass is 310 g/mol. The number of aryl methyl sites for hydroxylation is 1. The maximum absolute atomic E-state index is 11.4. The number of rotatable bonds is 5. The third-order valence-electron chi connectivity index (χ3n) is 2.61. The number of hydrogen-bond donors (Lipinski definition) is 1. The molecule has 0 aliphatic carbocycles. The Morgan fingerprint density at radius 1 is 1.50 bits per heavy atom. The van der Waals surface area contributed by atoms with Crippen LogP contribution in [0.15, 0.2) is 23.6 Å². The minimum atomic E-state index is -0.257. The minimum Gasteiger partial charge on any atom is -0.466 e. The predicted octanol–water partition coefficient (Wildman–Crippen LogP) is 3.95. The number of anilines is 2. The number of nitrogens with zero attached hydrogens (tertiary/aromatic N) is 1. The second-order valence-electron chi connectivity index (χ2n) is 4.21. The van der Waals surface area contributed by atoms with Crippen LogP contribution >= 0.6 is 22.9 Å². The molecule has 0 fully saturated rings. The van der Waals surface area contributed by atoms with Crippen molar-refractivity contribution in [3.63, 3.8) is 0 Å². The second-order valence-corrected chi connectivity index (χ2v) is 5.50. The first-order valence-electron chi connectivity index (χ1n) is 6.21. The lowest BCUT2D eigenvalue weighted by atomic mass is 10.2. The first-order valence-corrected chi connectivity index (χ1v) is 7.47. The molecular weight excluding hydrogens is 296 g/mol. The van der Waals surface area contributed by atoms with Crippen LogP contribution < -0.4 is 5.32 Å². The number of esters is 1. The van der Waals surface area contributed by atoms with Crippen LogP contribution in [-0.4, -0.2) is 17.6 Å². The highest BCUT2D eigenvalue weighted by Gasteiger charge is 2.09. The Hall–Kier alpha value is -1.59. The third kappa shape index (κ3) is 3.95. The molecule has 2 aromatic rings. The molecule has 0 bridgehead atoms. The van der Waals surface area contributed by atoms with Gasteiger partial charge in [-0.2, -0.15) is 0 Å². The van der Waals surface area contributed by atoms with Crippen LogP contribution in [0.1, 0.15) is 18.2 Å². The van der Waals surface area contributed by atoms with Crippen LogP contribution in [0, 0.1) is 6.92 Å². The number of thiazole rings is 1. The molecule has 0 aliphatic rings. The summed E-state index contributed by atoms with van der Waals surface area (Å²) < 4.78 is 4.90. The average Bonchev–Trinajstić information content (AvgIpc) is 2.80. The SMILES string of the molecule is CCOC(=O)Cc1csc(Nc2ccc(Cl)cc2C)n1. The molecule has 1 aromatic heterocycles. The molecule has 1 N–H and O–H groups in total. The highest BCUT2D eigenvalue weighted by Crippen LogP contribution is 2.25. The van der Waals surface area contributed by atoms with E-state index in [4.69, 9.17) is 16.3 Å². The summed E-state index contributed by atoms with van der Waals surface area (Å²) in [5.41, 5.74) is 2.70. The van der Waals surface area contributed by atoms with E-state index in [-0.39, 0.29) is 12.4 Å². The van der Waals surface area contributed by atoms with Crippen molar-refractivity contribution in [1.29, 1.82) is 0 Å². The Balaban J connectivity index is 2.04. The fourth-order valence-corrected chi connectivity index (χ4v) is 2.64. The first kappa shape index (κ1) is 14.8. The molecule has 2 rings (SSSR count). The molecule has 1 heterocycles. The smallest absolute Gasteiger partial charge is 0.311 e. The zero-order valence-corrected chi connectivity index (χ0v) is 12.8. The van der Waals surface area contributed by atoms with E-state index in [2.05, 4.69) is 10.3 Å². The molecule has 106 valence electrons. The first-order chi connectivity index (χ1) is 9.58. The van der Waals surface area contributed by atoms with Crippen LogP contribution in [0.2, 0.25) is 5.02 Å². The third-order valence-corrected chi connectivity index (χ3v) is 3.65. The van der Waals surface area contributed by atoms with E-state index in [0.717, 1.165) is 16.4 Å². The van der Waals surface area contributed by atoms with Crippen molar-refractivity contribution in [3.05, 3.63) is 39.9 Å². The normalized spacial score (nSPS) is 10.3. The van der Waals surface area contributed by atoms with Gasteiger partial charge in [-0.05, 0) is 37.6 Å². The lowest BCUT2D eigenvalue weighted by Gasteiger charge is -2.06. The molecule has 0 saturated heterocycles. The van der Waals surface area contributed by atoms with Gasteiger partial charge in [0.2, 0.25) is 0 Å². The maximum atomic E-state index is 11.4. The maximum Gasteiger partial charge on any atom is 0.311 e. The van der Waals surface area contributed by atoms with Gasteiger partial charge in [-0.1, -0.05) is 11.6 Å². The molecular formula is C14H15ClN2O2S. The van der Waals surface area contributed by atoms with Crippen LogP contribution in [0.4, 0.5) is 10.8 Å². The molecule has 20 heavy (non-hydrogen) atoms. The molecule has 0 radical (unpaired) electrons. The molecule has 0 aliphatic heterocycles. The van der Waals surface area contributed by atoms with Crippen molar-refractivity contribution >= 4 is 39.7 Å². The Morgan fingerprint density at radius 2 is 2.30 bits per heavy atom. The molecule has 6 heteroatoms. The van der Waals surface area contributed by atoms with E-state index in [1.807, 2.05) is 30.5 Å². The Morgan fingerprint density at radius 3 is 3.00 bits per heavy atom. The number of aromatic nitrogens is 1. The number of benzene rings is 1. The van der Waals surface area contributed by atoms with Gasteiger partial charge >= 0.3 is 5.97 Å². The van der Waals surface area contributed by atoms with E-state index in [1.165, 1.54) is 11.3 Å². The van der Waals surface area contributed by atoms with Crippen LogP contribution in [0.3, 0.4) is 0 Å². The summed E-state index contributed by atoms with van der Waals surface area (Å²) in [5.74, 6) is -0.257. The standard InChI is InChI=1S/C14H15ClN2O2S/c1-3-19-13(18)7-11-8-20-14(16-11)17-12-5-4-10(15)6-9(12)2/h4-6,8H,3,7H2,1-2H3,(H,16,17). The van der Waals surface area contributed by atoms with Crippen molar-refractivity contribution < 1.29 is 9.53 Å². The topological polar surface area (TPSA) is 51.2 Å². The van der Waals surface area contributed by atoms with E-state index in [9.17, 15) is 4.79 Å².